The maximum Gasteiger partial charge on any atom is 0.214 e. The fourth-order valence-electron chi connectivity index (χ4n) is 0.872. The first kappa shape index (κ1) is 11.5. The molecule has 0 N–H and O–H groups in total. The summed E-state index contributed by atoms with van der Waals surface area (Å²) in [5, 5.41) is 1.96. The molecular formula is C10H9FO3S. The lowest BCUT2D eigenvalue weighted by Crippen LogP contribution is -1.91. The van der Waals surface area contributed by atoms with Crippen molar-refractivity contribution in [2.75, 3.05) is 13.4 Å². The van der Waals surface area contributed by atoms with Crippen molar-refractivity contribution in [1.82, 2.24) is 0 Å². The third-order valence-corrected chi connectivity index (χ3v) is 2.02. The van der Waals surface area contributed by atoms with Crippen LogP contribution < -0.4 is 4.74 Å². The van der Waals surface area contributed by atoms with E-state index in [1.807, 2.05) is 5.25 Å². The lowest BCUT2D eigenvalue weighted by Gasteiger charge is -1.99. The second kappa shape index (κ2) is 4.32. The van der Waals surface area contributed by atoms with Gasteiger partial charge >= 0.3 is 0 Å². The van der Waals surface area contributed by atoms with Gasteiger partial charge in [-0.3, -0.25) is 0 Å². The second-order valence-corrected chi connectivity index (χ2v) is 4.59. The van der Waals surface area contributed by atoms with Gasteiger partial charge in [-0.25, -0.2) is 12.8 Å². The highest BCUT2D eigenvalue weighted by Crippen LogP contribution is 2.15. The van der Waals surface area contributed by atoms with Gasteiger partial charge in [0, 0.05) is 11.3 Å². The normalized spacial score (nSPS) is 10.3. The minimum Gasteiger partial charge on any atom is -0.497 e. The molecule has 15 heavy (non-hydrogen) atoms. The molecule has 0 spiro atoms. The van der Waals surface area contributed by atoms with Crippen molar-refractivity contribution >= 4 is 9.84 Å². The third kappa shape index (κ3) is 3.60. The van der Waals surface area contributed by atoms with Gasteiger partial charge in [0.05, 0.1) is 18.9 Å². The molecule has 1 aromatic carbocycles. The van der Waals surface area contributed by atoms with Gasteiger partial charge in [-0.05, 0) is 18.1 Å². The molecule has 0 heterocycles. The molecular weight excluding hydrogens is 219 g/mol. The number of rotatable bonds is 1. The van der Waals surface area contributed by atoms with E-state index < -0.39 is 15.7 Å². The van der Waals surface area contributed by atoms with E-state index >= 15 is 0 Å². The molecule has 0 bridgehead atoms. The van der Waals surface area contributed by atoms with Crippen LogP contribution in [0.5, 0.6) is 5.75 Å². The Morgan fingerprint density at radius 1 is 1.40 bits per heavy atom. The van der Waals surface area contributed by atoms with Crippen molar-refractivity contribution < 1.29 is 17.5 Å². The second-order valence-electron chi connectivity index (χ2n) is 2.85. The largest absolute Gasteiger partial charge is 0.497 e. The van der Waals surface area contributed by atoms with Crippen LogP contribution in [-0.2, 0) is 9.84 Å². The average Bonchev–Trinajstić information content (AvgIpc) is 2.14. The SMILES string of the molecule is COc1ccc(C#CS(C)(=O)=O)c(F)c1. The van der Waals surface area contributed by atoms with Crippen molar-refractivity contribution in [2.45, 2.75) is 0 Å². The minimum atomic E-state index is -3.41. The molecule has 0 atom stereocenters. The number of ether oxygens (including phenoxy) is 1. The molecule has 0 aliphatic heterocycles. The molecule has 0 radical (unpaired) electrons. The Morgan fingerprint density at radius 2 is 2.07 bits per heavy atom. The van der Waals surface area contributed by atoms with E-state index in [1.54, 1.807) is 0 Å². The van der Waals surface area contributed by atoms with Gasteiger partial charge in [0.25, 0.3) is 0 Å². The van der Waals surface area contributed by atoms with E-state index in [2.05, 4.69) is 5.92 Å². The first-order valence-corrected chi connectivity index (χ1v) is 5.88. The van der Waals surface area contributed by atoms with Crippen LogP contribution in [0.2, 0.25) is 0 Å². The molecule has 0 aliphatic carbocycles. The summed E-state index contributed by atoms with van der Waals surface area (Å²) in [5.74, 6) is 1.99. The van der Waals surface area contributed by atoms with Crippen LogP contribution in [0.15, 0.2) is 18.2 Å². The zero-order valence-electron chi connectivity index (χ0n) is 8.24. The van der Waals surface area contributed by atoms with Crippen LogP contribution in [-0.4, -0.2) is 21.8 Å². The van der Waals surface area contributed by atoms with Crippen molar-refractivity contribution in [3.8, 4) is 16.9 Å². The summed E-state index contributed by atoms with van der Waals surface area (Å²) in [6.45, 7) is 0. The van der Waals surface area contributed by atoms with Crippen LogP contribution >= 0.6 is 0 Å². The fraction of sp³-hybridized carbons (Fsp3) is 0.200. The van der Waals surface area contributed by atoms with Crippen molar-refractivity contribution in [3.63, 3.8) is 0 Å². The van der Waals surface area contributed by atoms with Gasteiger partial charge in [-0.15, -0.1) is 0 Å². The lowest BCUT2D eigenvalue weighted by molar-refractivity contribution is 0.411. The predicted octanol–water partition coefficient (Wildman–Crippen LogP) is 1.19. The highest BCUT2D eigenvalue weighted by Gasteiger charge is 2.01. The molecule has 5 heteroatoms. The van der Waals surface area contributed by atoms with Crippen LogP contribution in [0.3, 0.4) is 0 Å². The molecule has 1 rings (SSSR count). The van der Waals surface area contributed by atoms with Gasteiger partial charge in [-0.2, -0.15) is 0 Å². The topological polar surface area (TPSA) is 43.4 Å². The van der Waals surface area contributed by atoms with E-state index in [0.717, 1.165) is 12.3 Å². The van der Waals surface area contributed by atoms with E-state index in [4.69, 9.17) is 4.74 Å². The van der Waals surface area contributed by atoms with E-state index in [0.29, 0.717) is 5.75 Å². The quantitative estimate of drug-likeness (QED) is 0.678. The van der Waals surface area contributed by atoms with Crippen molar-refractivity contribution in [2.24, 2.45) is 0 Å². The first-order chi connectivity index (χ1) is 6.92. The van der Waals surface area contributed by atoms with Crippen LogP contribution in [0.25, 0.3) is 0 Å². The monoisotopic (exact) mass is 228 g/mol. The summed E-state index contributed by atoms with van der Waals surface area (Å²) in [6, 6.07) is 4.02. The summed E-state index contributed by atoms with van der Waals surface area (Å²) < 4.78 is 39.5. The Kier molecular flexibility index (Phi) is 3.32. The molecule has 0 amide bonds. The zero-order chi connectivity index (χ0) is 11.5. The lowest BCUT2D eigenvalue weighted by atomic mass is 10.2. The Labute approximate surface area is 87.8 Å². The molecule has 1 aromatic rings. The smallest absolute Gasteiger partial charge is 0.214 e. The van der Waals surface area contributed by atoms with Crippen LogP contribution in [0.1, 0.15) is 5.56 Å². The zero-order valence-corrected chi connectivity index (χ0v) is 9.06. The molecule has 0 saturated carbocycles. The van der Waals surface area contributed by atoms with Crippen LogP contribution in [0.4, 0.5) is 4.39 Å². The maximum atomic E-state index is 13.2. The number of benzene rings is 1. The number of hydrogen-bond donors (Lipinski definition) is 0. The van der Waals surface area contributed by atoms with Crippen molar-refractivity contribution in [3.05, 3.63) is 29.6 Å². The summed E-state index contributed by atoms with van der Waals surface area (Å²) in [5.41, 5.74) is 0.0289. The Bertz CT molecular complexity index is 523. The van der Waals surface area contributed by atoms with Gasteiger partial charge in [0.1, 0.15) is 11.6 Å². The van der Waals surface area contributed by atoms with Gasteiger partial charge in [-0.1, -0.05) is 0 Å². The summed E-state index contributed by atoms with van der Waals surface area (Å²) in [4.78, 5) is 0. The van der Waals surface area contributed by atoms with E-state index in [-0.39, 0.29) is 5.56 Å². The molecule has 0 fully saturated rings. The molecule has 0 aliphatic rings. The molecule has 0 unspecified atom stereocenters. The number of halogens is 1. The molecule has 80 valence electrons. The molecule has 0 aromatic heterocycles. The summed E-state index contributed by atoms with van der Waals surface area (Å²) in [7, 11) is -2.00. The highest BCUT2D eigenvalue weighted by atomic mass is 32.2. The first-order valence-electron chi connectivity index (χ1n) is 3.99. The Morgan fingerprint density at radius 3 is 2.53 bits per heavy atom. The standard InChI is InChI=1S/C10H9FO3S/c1-14-9-4-3-8(10(11)7-9)5-6-15(2,12)13/h3-4,7H,1-2H3. The summed E-state index contributed by atoms with van der Waals surface area (Å²) in [6.07, 6.45) is 0.960. The van der Waals surface area contributed by atoms with Gasteiger partial charge in [0.15, 0.2) is 0 Å². The fourth-order valence-corrected chi connectivity index (χ4v) is 1.17. The number of sulfone groups is 1. The predicted molar refractivity (Wildman–Crippen MR) is 54.7 cm³/mol. The van der Waals surface area contributed by atoms with E-state index in [1.165, 1.54) is 19.2 Å². The average molecular weight is 228 g/mol. The number of hydrogen-bond acceptors (Lipinski definition) is 3. The van der Waals surface area contributed by atoms with Crippen molar-refractivity contribution in [1.29, 1.82) is 0 Å². The summed E-state index contributed by atoms with van der Waals surface area (Å²) >= 11 is 0. The van der Waals surface area contributed by atoms with Gasteiger partial charge in [0.2, 0.25) is 9.84 Å². The third-order valence-electron chi connectivity index (χ3n) is 1.55. The van der Waals surface area contributed by atoms with Gasteiger partial charge < -0.3 is 4.74 Å². The molecule has 0 saturated heterocycles. The Hall–Kier alpha value is -1.54. The number of methoxy groups -OCH3 is 1. The van der Waals surface area contributed by atoms with E-state index in [9.17, 15) is 12.8 Å². The minimum absolute atomic E-state index is 0.0289. The Balaban J connectivity index is 3.11. The maximum absolute atomic E-state index is 13.2. The molecule has 3 nitrogen and oxygen atoms in total. The highest BCUT2D eigenvalue weighted by molar-refractivity contribution is 7.95. The van der Waals surface area contributed by atoms with Crippen LogP contribution in [0, 0.1) is 17.0 Å².